The molecule has 72 heavy (non-hydrogen) atoms. The van der Waals surface area contributed by atoms with Crippen LogP contribution < -0.4 is 9.80 Å². The van der Waals surface area contributed by atoms with Crippen molar-refractivity contribution in [2.75, 3.05) is 9.80 Å². The second-order valence-corrected chi connectivity index (χ2v) is 20.2. The second kappa shape index (κ2) is 16.7. The zero-order valence-corrected chi connectivity index (χ0v) is 40.7. The van der Waals surface area contributed by atoms with E-state index in [0.29, 0.717) is 0 Å². The standard InChI is InChI=1S/C68H47N3S/c1-44-25-32-51(33-26-44)71(52-37-30-49(31-38-52)47-17-7-4-8-18-47)63-42-62-65(66-58-21-11-14-24-64(58)72-67(63)66)57-40-39-53(41-61(57)68(62)59-22-12-9-19-55(59)56-20-10-13-23-60(56)68)70(54-34-27-45(2)69-43-54)50-35-28-48(29-36-50)46-15-5-3-6-16-46/h3-43H,1-2H3. The smallest absolute Gasteiger partial charge is 0.0727 e. The van der Waals surface area contributed by atoms with Crippen molar-refractivity contribution in [1.82, 2.24) is 4.98 Å². The zero-order chi connectivity index (χ0) is 47.9. The molecule has 0 radical (unpaired) electrons. The van der Waals surface area contributed by atoms with Crippen LogP contribution in [-0.2, 0) is 5.41 Å². The molecule has 0 atom stereocenters. The Labute approximate surface area is 424 Å². The van der Waals surface area contributed by atoms with Crippen molar-refractivity contribution in [2.24, 2.45) is 0 Å². The number of fused-ring (bicyclic) bond motifs is 14. The molecule has 0 saturated heterocycles. The van der Waals surface area contributed by atoms with Crippen LogP contribution in [0.1, 0.15) is 33.5 Å². The molecule has 0 fully saturated rings. The Morgan fingerprint density at radius 3 is 1.51 bits per heavy atom. The SMILES string of the molecule is Cc1ccc(N(c2ccc(-c3ccccc3)cc2)c2cc3c(c4c2sc2ccccc24)-c2ccc(N(c4ccc(-c5ccccc5)cc4)c4ccc(C)nc4)cc2C32c3ccccc3-c3ccccc32)cc1. The van der Waals surface area contributed by atoms with Crippen LogP contribution in [0.4, 0.5) is 34.1 Å². The molecule has 0 saturated carbocycles. The summed E-state index contributed by atoms with van der Waals surface area (Å²) in [7, 11) is 0. The fourth-order valence-corrected chi connectivity index (χ4v) is 13.0. The predicted molar refractivity (Wildman–Crippen MR) is 303 cm³/mol. The Morgan fingerprint density at radius 1 is 0.389 bits per heavy atom. The van der Waals surface area contributed by atoms with Crippen molar-refractivity contribution in [3.63, 3.8) is 0 Å². The predicted octanol–water partition coefficient (Wildman–Crippen LogP) is 18.7. The molecule has 0 bridgehead atoms. The Kier molecular flexibility index (Phi) is 9.74. The van der Waals surface area contributed by atoms with Crippen molar-refractivity contribution < 1.29 is 0 Å². The van der Waals surface area contributed by atoms with E-state index in [2.05, 4.69) is 266 Å². The molecule has 2 aliphatic rings. The van der Waals surface area contributed by atoms with Gasteiger partial charge in [-0.2, -0.15) is 0 Å². The summed E-state index contributed by atoms with van der Waals surface area (Å²) in [6.07, 6.45) is 2.01. The van der Waals surface area contributed by atoms with Gasteiger partial charge in [-0.25, -0.2) is 0 Å². The highest BCUT2D eigenvalue weighted by Gasteiger charge is 2.53. The molecule has 0 unspecified atom stereocenters. The summed E-state index contributed by atoms with van der Waals surface area (Å²) >= 11 is 1.90. The lowest BCUT2D eigenvalue weighted by Crippen LogP contribution is -2.26. The molecule has 2 aromatic heterocycles. The first-order valence-electron chi connectivity index (χ1n) is 24.8. The number of aryl methyl sites for hydroxylation is 2. The number of hydrogen-bond acceptors (Lipinski definition) is 4. The van der Waals surface area contributed by atoms with E-state index in [4.69, 9.17) is 4.98 Å². The van der Waals surface area contributed by atoms with Gasteiger partial charge in [-0.05, 0) is 153 Å². The van der Waals surface area contributed by atoms with Gasteiger partial charge in [0.25, 0.3) is 0 Å². The van der Waals surface area contributed by atoms with Crippen LogP contribution in [0.15, 0.2) is 249 Å². The highest BCUT2D eigenvalue weighted by atomic mass is 32.1. The van der Waals surface area contributed by atoms with E-state index in [1.165, 1.54) is 98.2 Å². The Balaban J connectivity index is 1.06. The summed E-state index contributed by atoms with van der Waals surface area (Å²) in [6.45, 7) is 4.22. The largest absolute Gasteiger partial charge is 0.309 e. The normalized spacial score (nSPS) is 12.7. The van der Waals surface area contributed by atoms with Gasteiger partial charge in [0.05, 0.1) is 27.7 Å². The number of benzene rings is 10. The average molecular weight is 938 g/mol. The number of hydrogen-bond donors (Lipinski definition) is 0. The van der Waals surface area contributed by atoms with E-state index in [1.807, 2.05) is 17.5 Å². The molecule has 12 aromatic rings. The first-order chi connectivity index (χ1) is 35.5. The minimum Gasteiger partial charge on any atom is -0.309 e. The van der Waals surface area contributed by atoms with Crippen molar-refractivity contribution in [1.29, 1.82) is 0 Å². The van der Waals surface area contributed by atoms with Gasteiger partial charge >= 0.3 is 0 Å². The topological polar surface area (TPSA) is 19.4 Å². The number of pyridine rings is 1. The number of anilines is 6. The van der Waals surface area contributed by atoms with Crippen molar-refractivity contribution >= 4 is 65.6 Å². The molecule has 2 heterocycles. The molecule has 2 aliphatic carbocycles. The van der Waals surface area contributed by atoms with Gasteiger partial charge in [0.2, 0.25) is 0 Å². The van der Waals surface area contributed by atoms with Gasteiger partial charge in [0.1, 0.15) is 0 Å². The van der Waals surface area contributed by atoms with Gasteiger partial charge in [0, 0.05) is 43.9 Å². The Hall–Kier alpha value is -8.83. The quantitative estimate of drug-likeness (QED) is 0.151. The summed E-state index contributed by atoms with van der Waals surface area (Å²) in [6, 6.07) is 89.9. The average Bonchev–Trinajstić information content (AvgIpc) is 4.07. The summed E-state index contributed by atoms with van der Waals surface area (Å²) in [4.78, 5) is 9.75. The highest BCUT2D eigenvalue weighted by molar-refractivity contribution is 7.26. The summed E-state index contributed by atoms with van der Waals surface area (Å²) < 4.78 is 2.54. The van der Waals surface area contributed by atoms with Crippen LogP contribution >= 0.6 is 11.3 Å². The third-order valence-electron chi connectivity index (χ3n) is 15.1. The van der Waals surface area contributed by atoms with E-state index in [1.54, 1.807) is 0 Å². The molecular formula is C68H47N3S. The molecule has 340 valence electrons. The van der Waals surface area contributed by atoms with E-state index in [9.17, 15) is 0 Å². The number of nitrogens with zero attached hydrogens (tertiary/aromatic N) is 3. The first-order valence-corrected chi connectivity index (χ1v) is 25.6. The van der Waals surface area contributed by atoms with Gasteiger partial charge < -0.3 is 9.80 Å². The Bertz CT molecular complexity index is 3980. The minimum absolute atomic E-state index is 0.648. The van der Waals surface area contributed by atoms with E-state index in [-0.39, 0.29) is 0 Å². The lowest BCUT2D eigenvalue weighted by molar-refractivity contribution is 0.794. The second-order valence-electron chi connectivity index (χ2n) is 19.2. The van der Waals surface area contributed by atoms with Gasteiger partial charge in [0.15, 0.2) is 0 Å². The van der Waals surface area contributed by atoms with E-state index < -0.39 is 5.41 Å². The zero-order valence-electron chi connectivity index (χ0n) is 39.9. The first kappa shape index (κ1) is 42.1. The molecule has 14 rings (SSSR count). The maximum atomic E-state index is 4.86. The third-order valence-corrected chi connectivity index (χ3v) is 16.3. The van der Waals surface area contributed by atoms with Crippen LogP contribution in [-0.4, -0.2) is 4.98 Å². The highest BCUT2D eigenvalue weighted by Crippen LogP contribution is 2.66. The van der Waals surface area contributed by atoms with Gasteiger partial charge in [-0.1, -0.05) is 175 Å². The molecule has 3 nitrogen and oxygen atoms in total. The van der Waals surface area contributed by atoms with Crippen molar-refractivity contribution in [3.05, 3.63) is 282 Å². The fourth-order valence-electron chi connectivity index (χ4n) is 11.8. The Morgan fingerprint density at radius 2 is 0.903 bits per heavy atom. The van der Waals surface area contributed by atoms with E-state index in [0.717, 1.165) is 34.1 Å². The lowest BCUT2D eigenvalue weighted by atomic mass is 9.70. The minimum atomic E-state index is -0.648. The lowest BCUT2D eigenvalue weighted by Gasteiger charge is -2.33. The van der Waals surface area contributed by atoms with Crippen molar-refractivity contribution in [3.8, 4) is 44.5 Å². The number of thiophene rings is 1. The van der Waals surface area contributed by atoms with E-state index >= 15 is 0 Å². The van der Waals surface area contributed by atoms with Crippen LogP contribution in [0, 0.1) is 13.8 Å². The molecule has 10 aromatic carbocycles. The molecule has 0 amide bonds. The monoisotopic (exact) mass is 937 g/mol. The maximum absolute atomic E-state index is 4.86. The van der Waals surface area contributed by atoms with Crippen LogP contribution in [0.25, 0.3) is 64.7 Å². The number of aromatic nitrogens is 1. The van der Waals surface area contributed by atoms with Gasteiger partial charge in [-0.15, -0.1) is 11.3 Å². The summed E-state index contributed by atoms with van der Waals surface area (Å²) in [5, 5.41) is 2.57. The molecule has 1 spiro atoms. The van der Waals surface area contributed by atoms with Gasteiger partial charge in [-0.3, -0.25) is 4.98 Å². The molecular weight excluding hydrogens is 891 g/mol. The molecule has 4 heteroatoms. The van der Waals surface area contributed by atoms with Crippen LogP contribution in [0.3, 0.4) is 0 Å². The summed E-state index contributed by atoms with van der Waals surface area (Å²) in [5.74, 6) is 0. The molecule has 0 aliphatic heterocycles. The maximum Gasteiger partial charge on any atom is 0.0727 e. The molecule has 0 N–H and O–H groups in total. The summed E-state index contributed by atoms with van der Waals surface area (Å²) in [5.41, 5.74) is 23.2. The van der Waals surface area contributed by atoms with Crippen LogP contribution in [0.2, 0.25) is 0 Å². The number of rotatable bonds is 8. The fraction of sp³-hybridized carbons (Fsp3) is 0.0441. The van der Waals surface area contributed by atoms with Crippen LogP contribution in [0.5, 0.6) is 0 Å². The van der Waals surface area contributed by atoms with Crippen molar-refractivity contribution in [2.45, 2.75) is 19.3 Å². The third kappa shape index (κ3) is 6.46.